The molecule has 0 amide bonds. The summed E-state index contributed by atoms with van der Waals surface area (Å²) >= 11 is 0. The molecule has 13 heteroatoms. The summed E-state index contributed by atoms with van der Waals surface area (Å²) in [5, 5.41) is 58.8. The SMILES string of the molecule is COC(=O)C1=COC(O[C@H]2O[C@@H](CO)[C@H](O)[C@@H](O)[C@@H]2O)/C(=C\CO)C1CC(=O)OCCc1ccc(O)cc1. The van der Waals surface area contributed by atoms with Crippen LogP contribution < -0.4 is 0 Å². The summed E-state index contributed by atoms with van der Waals surface area (Å²) in [5.74, 6) is -2.39. The quantitative estimate of drug-likeness (QED) is 0.150. The predicted molar refractivity (Wildman–Crippen MR) is 126 cm³/mol. The van der Waals surface area contributed by atoms with Crippen molar-refractivity contribution in [3.63, 3.8) is 0 Å². The number of hydrogen-bond donors (Lipinski definition) is 6. The van der Waals surface area contributed by atoms with E-state index in [-0.39, 0.29) is 29.9 Å². The van der Waals surface area contributed by atoms with Gasteiger partial charge in [0.15, 0.2) is 6.29 Å². The Labute approximate surface area is 218 Å². The minimum absolute atomic E-state index is 0.0218. The summed E-state index contributed by atoms with van der Waals surface area (Å²) < 4.78 is 26.6. The van der Waals surface area contributed by atoms with Gasteiger partial charge >= 0.3 is 11.9 Å². The van der Waals surface area contributed by atoms with Gasteiger partial charge in [0.1, 0.15) is 30.2 Å². The highest BCUT2D eigenvalue weighted by Crippen LogP contribution is 2.36. The van der Waals surface area contributed by atoms with Crippen molar-refractivity contribution in [2.24, 2.45) is 5.92 Å². The molecule has 7 atom stereocenters. The first-order valence-corrected chi connectivity index (χ1v) is 11.8. The van der Waals surface area contributed by atoms with Gasteiger partial charge in [-0.15, -0.1) is 0 Å². The highest BCUT2D eigenvalue weighted by Gasteiger charge is 2.47. The molecule has 2 heterocycles. The first-order valence-electron chi connectivity index (χ1n) is 11.8. The largest absolute Gasteiger partial charge is 0.508 e. The second kappa shape index (κ2) is 13.7. The van der Waals surface area contributed by atoms with Gasteiger partial charge in [0, 0.05) is 17.9 Å². The summed E-state index contributed by atoms with van der Waals surface area (Å²) in [5.41, 5.74) is 0.879. The van der Waals surface area contributed by atoms with Gasteiger partial charge in [-0.25, -0.2) is 4.79 Å². The fourth-order valence-corrected chi connectivity index (χ4v) is 4.10. The average molecular weight is 541 g/mol. The van der Waals surface area contributed by atoms with Crippen molar-refractivity contribution >= 4 is 11.9 Å². The molecule has 2 unspecified atom stereocenters. The first kappa shape index (κ1) is 29.5. The van der Waals surface area contributed by atoms with Crippen LogP contribution in [0.3, 0.4) is 0 Å². The summed E-state index contributed by atoms with van der Waals surface area (Å²) in [4.78, 5) is 25.1. The standard InChI is InChI=1S/C25H32O13/c1-34-23(33)17-12-36-24(38-25-22(32)21(31)20(30)18(11-27)37-25)15(6-8-26)16(17)10-19(29)35-9-7-13-2-4-14(28)5-3-13/h2-6,12,16,18,20-22,24-28,30-32H,7-11H2,1H3/b15-6-/t16?,18-,20-,21+,22-,24?,25+/m0/s1. The number of aliphatic hydroxyl groups is 5. The third-order valence-corrected chi connectivity index (χ3v) is 6.18. The van der Waals surface area contributed by atoms with Crippen LogP contribution >= 0.6 is 0 Å². The lowest BCUT2D eigenvalue weighted by molar-refractivity contribution is -0.327. The zero-order valence-corrected chi connectivity index (χ0v) is 20.6. The van der Waals surface area contributed by atoms with Crippen molar-refractivity contribution in [2.75, 3.05) is 26.9 Å². The highest BCUT2D eigenvalue weighted by atomic mass is 16.8. The van der Waals surface area contributed by atoms with E-state index in [0.29, 0.717) is 6.42 Å². The van der Waals surface area contributed by atoms with Crippen LogP contribution in [0.25, 0.3) is 0 Å². The smallest absolute Gasteiger partial charge is 0.337 e. The third-order valence-electron chi connectivity index (χ3n) is 6.18. The summed E-state index contributed by atoms with van der Waals surface area (Å²) in [6.45, 7) is -1.19. The van der Waals surface area contributed by atoms with E-state index in [1.54, 1.807) is 12.1 Å². The normalized spacial score (nSPS) is 30.3. The van der Waals surface area contributed by atoms with Crippen molar-refractivity contribution in [2.45, 2.75) is 49.8 Å². The van der Waals surface area contributed by atoms with E-state index >= 15 is 0 Å². The molecule has 0 spiro atoms. The number of carbonyl (C=O) groups is 2. The molecule has 13 nitrogen and oxygen atoms in total. The molecule has 1 saturated heterocycles. The number of methoxy groups -OCH3 is 1. The van der Waals surface area contributed by atoms with Crippen LogP contribution in [0.4, 0.5) is 0 Å². The van der Waals surface area contributed by atoms with Crippen molar-refractivity contribution in [1.82, 2.24) is 0 Å². The fourth-order valence-electron chi connectivity index (χ4n) is 4.10. The number of esters is 2. The summed E-state index contributed by atoms with van der Waals surface area (Å²) in [6, 6.07) is 6.38. The Balaban J connectivity index is 1.75. The number of aliphatic hydroxyl groups excluding tert-OH is 5. The van der Waals surface area contributed by atoms with E-state index in [2.05, 4.69) is 0 Å². The molecule has 0 radical (unpaired) electrons. The number of carbonyl (C=O) groups excluding carboxylic acids is 2. The number of benzene rings is 1. The van der Waals surface area contributed by atoms with Crippen molar-refractivity contribution < 1.29 is 63.9 Å². The molecule has 2 aliphatic heterocycles. The van der Waals surface area contributed by atoms with Crippen LogP contribution in [-0.2, 0) is 39.7 Å². The van der Waals surface area contributed by atoms with E-state index in [1.165, 1.54) is 18.2 Å². The number of rotatable bonds is 10. The number of ether oxygens (including phenoxy) is 5. The zero-order valence-electron chi connectivity index (χ0n) is 20.6. The Morgan fingerprint density at radius 2 is 1.76 bits per heavy atom. The second-order valence-electron chi connectivity index (χ2n) is 8.65. The van der Waals surface area contributed by atoms with Crippen LogP contribution in [0.1, 0.15) is 12.0 Å². The van der Waals surface area contributed by atoms with Crippen molar-refractivity contribution in [1.29, 1.82) is 0 Å². The van der Waals surface area contributed by atoms with Gasteiger partial charge in [-0.3, -0.25) is 4.79 Å². The third kappa shape index (κ3) is 7.08. The Bertz CT molecular complexity index is 1000. The molecular formula is C25H32O13. The van der Waals surface area contributed by atoms with Gasteiger partial charge in [0.2, 0.25) is 6.29 Å². The van der Waals surface area contributed by atoms with Gasteiger partial charge < -0.3 is 54.3 Å². The molecular weight excluding hydrogens is 508 g/mol. The lowest BCUT2D eigenvalue weighted by Gasteiger charge is -2.41. The van der Waals surface area contributed by atoms with Gasteiger partial charge in [0.05, 0.1) is 45.2 Å². The molecule has 6 N–H and O–H groups in total. The molecule has 2 aliphatic rings. The second-order valence-corrected chi connectivity index (χ2v) is 8.65. The molecule has 0 saturated carbocycles. The van der Waals surface area contributed by atoms with Crippen LogP contribution in [0, 0.1) is 5.92 Å². The Kier molecular flexibility index (Phi) is 10.6. The Hall–Kier alpha value is -3.04. The molecule has 0 aromatic heterocycles. The molecule has 38 heavy (non-hydrogen) atoms. The Morgan fingerprint density at radius 1 is 1.05 bits per heavy atom. The van der Waals surface area contributed by atoms with E-state index in [9.17, 15) is 40.2 Å². The van der Waals surface area contributed by atoms with Crippen molar-refractivity contribution in [3.8, 4) is 5.75 Å². The minimum Gasteiger partial charge on any atom is -0.508 e. The predicted octanol–water partition coefficient (Wildman–Crippen LogP) is -1.37. The van der Waals surface area contributed by atoms with Gasteiger partial charge in [-0.2, -0.15) is 0 Å². The number of aromatic hydroxyl groups is 1. The molecule has 3 rings (SSSR count). The highest BCUT2D eigenvalue weighted by molar-refractivity contribution is 5.90. The van der Waals surface area contributed by atoms with E-state index in [1.807, 2.05) is 0 Å². The summed E-state index contributed by atoms with van der Waals surface area (Å²) in [7, 11) is 1.14. The first-order chi connectivity index (χ1) is 18.2. The topological polar surface area (TPSA) is 202 Å². The molecule has 1 aromatic carbocycles. The molecule has 0 aliphatic carbocycles. The Morgan fingerprint density at radius 3 is 2.39 bits per heavy atom. The van der Waals surface area contributed by atoms with Gasteiger partial charge in [0.25, 0.3) is 0 Å². The molecule has 0 bridgehead atoms. The zero-order chi connectivity index (χ0) is 27.8. The maximum Gasteiger partial charge on any atom is 0.337 e. The maximum absolute atomic E-state index is 12.7. The van der Waals surface area contributed by atoms with Crippen molar-refractivity contribution in [3.05, 3.63) is 53.3 Å². The van der Waals surface area contributed by atoms with Crippen LogP contribution in [-0.4, -0.2) is 107 Å². The van der Waals surface area contributed by atoms with Gasteiger partial charge in [-0.1, -0.05) is 18.2 Å². The monoisotopic (exact) mass is 540 g/mol. The van der Waals surface area contributed by atoms with Crippen LogP contribution in [0.2, 0.25) is 0 Å². The lowest BCUT2D eigenvalue weighted by Crippen LogP contribution is -2.60. The number of phenolic OH excluding ortho intramolecular Hbond substituents is 1. The maximum atomic E-state index is 12.7. The molecule has 1 aromatic rings. The lowest BCUT2D eigenvalue weighted by atomic mass is 9.86. The van der Waals surface area contributed by atoms with E-state index < -0.39 is 68.1 Å². The number of hydrogen-bond acceptors (Lipinski definition) is 13. The molecule has 1 fully saturated rings. The fraction of sp³-hybridized carbons (Fsp3) is 0.520. The van der Waals surface area contributed by atoms with Crippen LogP contribution in [0.5, 0.6) is 5.75 Å². The molecule has 210 valence electrons. The number of phenols is 1. The summed E-state index contributed by atoms with van der Waals surface area (Å²) in [6.07, 6.45) is -6.99. The van der Waals surface area contributed by atoms with E-state index in [0.717, 1.165) is 18.9 Å². The minimum atomic E-state index is -1.74. The van der Waals surface area contributed by atoms with Gasteiger partial charge in [-0.05, 0) is 17.7 Å². The van der Waals surface area contributed by atoms with E-state index in [4.69, 9.17) is 23.7 Å². The average Bonchev–Trinajstić information content (AvgIpc) is 2.91. The van der Waals surface area contributed by atoms with Crippen LogP contribution in [0.15, 0.2) is 47.7 Å².